The van der Waals surface area contributed by atoms with Crippen molar-refractivity contribution >= 4 is 17.2 Å². The Morgan fingerprint density at radius 1 is 1.14 bits per heavy atom. The minimum Gasteiger partial charge on any atom is -0.444 e. The molecule has 13 heteroatoms. The number of halogens is 3. The first-order chi connectivity index (χ1) is 20.2. The summed E-state index contributed by atoms with van der Waals surface area (Å²) in [6, 6.07) is 8.23. The van der Waals surface area contributed by atoms with Crippen LogP contribution < -0.4 is 5.69 Å². The molecular weight excluding hydrogens is 565 g/mol. The first-order valence-electron chi connectivity index (χ1n) is 13.8. The summed E-state index contributed by atoms with van der Waals surface area (Å²) < 4.78 is 58.1. The van der Waals surface area contributed by atoms with Crippen molar-refractivity contribution in [3.8, 4) is 5.69 Å². The van der Waals surface area contributed by atoms with Crippen LogP contribution in [0.5, 0.6) is 0 Å². The highest BCUT2D eigenvalue weighted by Crippen LogP contribution is 2.38. The number of ether oxygens (including phenoxy) is 2. The lowest BCUT2D eigenvalue weighted by Crippen LogP contribution is -2.49. The summed E-state index contributed by atoms with van der Waals surface area (Å²) in [5, 5.41) is 8.15. The SMILES string of the molecule is Cn1cnnc1CC1(c2cccc(-n3cc4c(C(F)(F)F)cc(C5=CCN(C(=O)OC(C)(C)C)C5)cn4c3=O)c2)COC1. The highest BCUT2D eigenvalue weighted by molar-refractivity contribution is 5.78. The number of aryl methyl sites for hydroxylation is 1. The van der Waals surface area contributed by atoms with E-state index in [4.69, 9.17) is 9.47 Å². The van der Waals surface area contributed by atoms with Gasteiger partial charge in [0.15, 0.2) is 0 Å². The van der Waals surface area contributed by atoms with Gasteiger partial charge in [0.1, 0.15) is 17.8 Å². The van der Waals surface area contributed by atoms with Crippen molar-refractivity contribution in [3.05, 3.63) is 88.1 Å². The van der Waals surface area contributed by atoms with Crippen molar-refractivity contribution in [2.24, 2.45) is 7.05 Å². The van der Waals surface area contributed by atoms with Crippen LogP contribution in [0.15, 0.2) is 59.9 Å². The highest BCUT2D eigenvalue weighted by atomic mass is 19.4. The Kier molecular flexibility index (Phi) is 6.75. The number of benzene rings is 1. The van der Waals surface area contributed by atoms with Gasteiger partial charge in [-0.25, -0.2) is 9.59 Å². The summed E-state index contributed by atoms with van der Waals surface area (Å²) in [5.74, 6) is 0.772. The average Bonchev–Trinajstić information content (AvgIpc) is 3.64. The second-order valence-corrected chi connectivity index (χ2v) is 12.1. The van der Waals surface area contributed by atoms with Crippen molar-refractivity contribution in [2.75, 3.05) is 26.3 Å². The lowest BCUT2D eigenvalue weighted by atomic mass is 9.75. The quantitative estimate of drug-likeness (QED) is 0.339. The van der Waals surface area contributed by atoms with Crippen LogP contribution in [-0.4, -0.2) is 66.6 Å². The van der Waals surface area contributed by atoms with Gasteiger partial charge >= 0.3 is 18.0 Å². The molecule has 1 saturated heterocycles. The van der Waals surface area contributed by atoms with E-state index < -0.39 is 34.5 Å². The molecule has 43 heavy (non-hydrogen) atoms. The number of pyridine rings is 1. The molecule has 1 amide bonds. The highest BCUT2D eigenvalue weighted by Gasteiger charge is 2.42. The van der Waals surface area contributed by atoms with Gasteiger partial charge in [-0.1, -0.05) is 18.2 Å². The van der Waals surface area contributed by atoms with Crippen LogP contribution in [0.2, 0.25) is 0 Å². The average molecular weight is 597 g/mol. The molecule has 4 aromatic rings. The summed E-state index contributed by atoms with van der Waals surface area (Å²) in [7, 11) is 1.86. The van der Waals surface area contributed by atoms with Gasteiger partial charge in [-0.2, -0.15) is 13.2 Å². The number of imidazole rings is 1. The van der Waals surface area contributed by atoms with Crippen molar-refractivity contribution in [1.29, 1.82) is 0 Å². The number of rotatable bonds is 5. The van der Waals surface area contributed by atoms with Crippen molar-refractivity contribution < 1.29 is 27.4 Å². The molecule has 1 aromatic carbocycles. The zero-order valence-electron chi connectivity index (χ0n) is 24.2. The molecule has 0 unspecified atom stereocenters. The molecular formula is C30H31F3N6O4. The van der Waals surface area contributed by atoms with E-state index in [2.05, 4.69) is 10.2 Å². The van der Waals surface area contributed by atoms with E-state index in [1.165, 1.54) is 21.9 Å². The Balaban J connectivity index is 1.37. The Morgan fingerprint density at radius 2 is 1.91 bits per heavy atom. The largest absolute Gasteiger partial charge is 0.444 e. The molecule has 0 radical (unpaired) electrons. The normalized spacial score (nSPS) is 16.8. The lowest BCUT2D eigenvalue weighted by molar-refractivity contribution is -0.136. The molecule has 0 N–H and O–H groups in total. The topological polar surface area (TPSA) is 95.9 Å². The van der Waals surface area contributed by atoms with E-state index in [0.717, 1.165) is 21.9 Å². The molecule has 0 bridgehead atoms. The maximum Gasteiger partial charge on any atom is 0.418 e. The number of hydrogen-bond acceptors (Lipinski definition) is 6. The number of fused-ring (bicyclic) bond motifs is 1. The van der Waals surface area contributed by atoms with Crippen LogP contribution >= 0.6 is 0 Å². The minimum atomic E-state index is -4.73. The third-order valence-corrected chi connectivity index (χ3v) is 7.81. The summed E-state index contributed by atoms with van der Waals surface area (Å²) in [4.78, 5) is 27.6. The second kappa shape index (κ2) is 10.1. The molecule has 0 spiro atoms. The molecule has 1 fully saturated rings. The number of carbonyl (C=O) groups is 1. The van der Waals surface area contributed by atoms with Crippen LogP contribution in [-0.2, 0) is 34.5 Å². The summed E-state index contributed by atoms with van der Waals surface area (Å²) in [6.07, 6.45) is 1.17. The van der Waals surface area contributed by atoms with Gasteiger partial charge in [-0.05, 0) is 55.7 Å². The summed E-state index contributed by atoms with van der Waals surface area (Å²) in [6.45, 7) is 6.34. The van der Waals surface area contributed by atoms with E-state index >= 15 is 0 Å². The number of nitrogens with zero attached hydrogens (tertiary/aromatic N) is 6. The van der Waals surface area contributed by atoms with Crippen LogP contribution in [0.25, 0.3) is 16.8 Å². The zero-order chi connectivity index (χ0) is 30.7. The van der Waals surface area contributed by atoms with E-state index in [-0.39, 0.29) is 24.2 Å². The van der Waals surface area contributed by atoms with E-state index in [9.17, 15) is 22.8 Å². The minimum absolute atomic E-state index is 0.0604. The van der Waals surface area contributed by atoms with E-state index in [1.807, 2.05) is 23.7 Å². The third-order valence-electron chi connectivity index (χ3n) is 7.81. The molecule has 0 saturated carbocycles. The van der Waals surface area contributed by atoms with Gasteiger partial charge in [0.2, 0.25) is 0 Å². The zero-order valence-corrected chi connectivity index (χ0v) is 24.2. The Bertz CT molecular complexity index is 1810. The molecule has 10 nitrogen and oxygen atoms in total. The van der Waals surface area contributed by atoms with Crippen molar-refractivity contribution in [2.45, 2.75) is 44.4 Å². The Morgan fingerprint density at radius 3 is 2.53 bits per heavy atom. The molecule has 2 aliphatic rings. The number of carbonyl (C=O) groups excluding carboxylic acids is 1. The van der Waals surface area contributed by atoms with Crippen LogP contribution in [0.4, 0.5) is 18.0 Å². The van der Waals surface area contributed by atoms with Gasteiger partial charge in [0.05, 0.1) is 30.0 Å². The first kappa shape index (κ1) is 28.7. The van der Waals surface area contributed by atoms with Gasteiger partial charge < -0.3 is 18.9 Å². The predicted octanol–water partition coefficient (Wildman–Crippen LogP) is 4.38. The fourth-order valence-corrected chi connectivity index (χ4v) is 5.48. The molecule has 6 rings (SSSR count). The summed E-state index contributed by atoms with van der Waals surface area (Å²) in [5.41, 5.74) is -0.957. The summed E-state index contributed by atoms with van der Waals surface area (Å²) >= 11 is 0. The standard InChI is InChI=1S/C30H31F3N6O4/c1-28(2,3)43-27(41)37-9-8-19(13-37)20-10-23(30(31,32)33)24-15-38(26(40)39(24)14-20)22-7-5-6-21(11-22)29(16-42-17-29)12-25-35-34-18-36(25)4/h5-8,10-11,14-15,18H,9,12-13,16-17H2,1-4H3. The first-order valence-corrected chi connectivity index (χ1v) is 13.8. The van der Waals surface area contributed by atoms with Crippen LogP contribution in [0, 0.1) is 0 Å². The third kappa shape index (κ3) is 5.33. The van der Waals surface area contributed by atoms with Gasteiger partial charge in [0, 0.05) is 44.4 Å². The smallest absolute Gasteiger partial charge is 0.418 e. The fraction of sp³-hybridized carbons (Fsp3) is 0.400. The second-order valence-electron chi connectivity index (χ2n) is 12.1. The number of amides is 1. The molecule has 0 aliphatic carbocycles. The molecule has 5 heterocycles. The lowest BCUT2D eigenvalue weighted by Gasteiger charge is -2.41. The maximum absolute atomic E-state index is 14.4. The number of alkyl halides is 3. The van der Waals surface area contributed by atoms with Crippen LogP contribution in [0.3, 0.4) is 0 Å². The molecule has 226 valence electrons. The predicted molar refractivity (Wildman–Crippen MR) is 151 cm³/mol. The van der Waals surface area contributed by atoms with E-state index in [0.29, 0.717) is 30.9 Å². The van der Waals surface area contributed by atoms with Crippen LogP contribution in [0.1, 0.15) is 43.3 Å². The maximum atomic E-state index is 14.4. The molecule has 0 atom stereocenters. The van der Waals surface area contributed by atoms with Crippen molar-refractivity contribution in [3.63, 3.8) is 0 Å². The van der Waals surface area contributed by atoms with Gasteiger partial charge in [-0.15, -0.1) is 10.2 Å². The molecule has 3 aromatic heterocycles. The molecule has 2 aliphatic heterocycles. The van der Waals surface area contributed by atoms with E-state index in [1.54, 1.807) is 45.3 Å². The van der Waals surface area contributed by atoms with Crippen molar-refractivity contribution in [1.82, 2.24) is 28.6 Å². The number of hydrogen-bond donors (Lipinski definition) is 0. The van der Waals surface area contributed by atoms with Gasteiger partial charge in [-0.3, -0.25) is 8.97 Å². The number of aromatic nitrogens is 5. The monoisotopic (exact) mass is 596 g/mol. The Labute approximate surface area is 244 Å². The van der Waals surface area contributed by atoms with Gasteiger partial charge in [0.25, 0.3) is 0 Å². The Hall–Kier alpha value is -4.39. The fourth-order valence-electron chi connectivity index (χ4n) is 5.48.